The molecule has 5 N–H and O–H groups in total. The standard InChI is InChI=1S/C43H61N5O6Si/c1-28-12-6-8-15-36(28)47-41(51)44-17-11-10-13-34(25-38(49)53-18-19-55(3,4)5)46-40(50)43(2,26-33-27-45-37-16-9-7-14-35(33)37)48-42(52)54-39-31-21-29-20-30(23-31)24-32(39)22-29/h6-9,12,14-16,27,29-32,34,39,45H,10-11,13,17-26H2,1-5H3,(H,46,50)(H,48,52)(H2,44,47,51)/t29?,30?,31?,32?,34-,39?,43+/m0/s1. The molecule has 11 nitrogen and oxygen atoms in total. The predicted molar refractivity (Wildman–Crippen MR) is 219 cm³/mol. The van der Waals surface area contributed by atoms with Crippen molar-refractivity contribution in [1.29, 1.82) is 0 Å². The summed E-state index contributed by atoms with van der Waals surface area (Å²) in [6, 6.07) is 15.5. The molecule has 3 aromatic rings. The Kier molecular flexibility index (Phi) is 12.9. The monoisotopic (exact) mass is 771 g/mol. The van der Waals surface area contributed by atoms with E-state index in [1.165, 1.54) is 6.42 Å². The van der Waals surface area contributed by atoms with Gasteiger partial charge in [0.25, 0.3) is 0 Å². The minimum Gasteiger partial charge on any atom is -0.466 e. The largest absolute Gasteiger partial charge is 0.466 e. The van der Waals surface area contributed by atoms with Crippen LogP contribution in [0.4, 0.5) is 15.3 Å². The molecule has 4 aliphatic carbocycles. The van der Waals surface area contributed by atoms with Gasteiger partial charge in [-0.05, 0) is 118 Å². The van der Waals surface area contributed by atoms with Gasteiger partial charge in [0.05, 0.1) is 13.0 Å². The molecule has 0 saturated heterocycles. The summed E-state index contributed by atoms with van der Waals surface area (Å²) in [6.07, 6.45) is 8.91. The molecule has 298 valence electrons. The summed E-state index contributed by atoms with van der Waals surface area (Å²) in [5, 5.41) is 12.9. The van der Waals surface area contributed by atoms with Gasteiger partial charge in [-0.1, -0.05) is 56.0 Å². The molecule has 0 radical (unpaired) electrons. The lowest BCUT2D eigenvalue weighted by Gasteiger charge is -2.53. The lowest BCUT2D eigenvalue weighted by atomic mass is 9.55. The van der Waals surface area contributed by atoms with Crippen molar-refractivity contribution in [3.8, 4) is 0 Å². The number of aromatic nitrogens is 1. The SMILES string of the molecule is Cc1ccccc1NC(=O)NCCCC[C@@H](CC(=O)OCC[Si](C)(C)C)NC(=O)[C@@](C)(Cc1c[nH]c2ccccc12)NC(=O)OC1C2CC3CC(C2)CC1C3. The number of aromatic amines is 1. The van der Waals surface area contributed by atoms with E-state index in [0.717, 1.165) is 71.3 Å². The molecule has 2 aromatic carbocycles. The number of H-pyrrole nitrogens is 1. The number of anilines is 1. The molecule has 0 unspecified atom stereocenters. The first kappa shape index (κ1) is 40.3. The fraction of sp³-hybridized carbons (Fsp3) is 0.581. The van der Waals surface area contributed by atoms with Crippen LogP contribution in [0.5, 0.6) is 0 Å². The zero-order valence-corrected chi connectivity index (χ0v) is 34.3. The summed E-state index contributed by atoms with van der Waals surface area (Å²) in [6.45, 7) is 11.1. The first-order chi connectivity index (χ1) is 26.2. The number of carbonyl (C=O) groups excluding carboxylic acids is 4. The highest BCUT2D eigenvalue weighted by Gasteiger charge is 2.50. The third-order valence-corrected chi connectivity index (χ3v) is 13.7. The molecule has 4 bridgehead atoms. The Morgan fingerprint density at radius 1 is 0.927 bits per heavy atom. The number of para-hydroxylation sites is 2. The van der Waals surface area contributed by atoms with Crippen LogP contribution in [-0.2, 0) is 25.5 Å². The fourth-order valence-electron chi connectivity index (χ4n) is 9.18. The van der Waals surface area contributed by atoms with Crippen molar-refractivity contribution in [1.82, 2.24) is 20.9 Å². The highest BCUT2D eigenvalue weighted by Crippen LogP contribution is 2.54. The van der Waals surface area contributed by atoms with Crippen LogP contribution in [0.15, 0.2) is 54.7 Å². The first-order valence-electron chi connectivity index (χ1n) is 20.4. The number of benzene rings is 2. The van der Waals surface area contributed by atoms with E-state index in [-0.39, 0.29) is 30.9 Å². The number of amides is 4. The fourth-order valence-corrected chi connectivity index (χ4v) is 9.90. The molecule has 55 heavy (non-hydrogen) atoms. The summed E-state index contributed by atoms with van der Waals surface area (Å²) >= 11 is 0. The van der Waals surface area contributed by atoms with Gasteiger partial charge in [0.2, 0.25) is 5.91 Å². The van der Waals surface area contributed by atoms with Crippen molar-refractivity contribution < 1.29 is 28.7 Å². The number of esters is 1. The molecule has 1 heterocycles. The number of fused-ring (bicyclic) bond motifs is 1. The summed E-state index contributed by atoms with van der Waals surface area (Å²) in [7, 11) is -1.42. The van der Waals surface area contributed by atoms with Gasteiger partial charge in [-0.2, -0.15) is 0 Å². The predicted octanol–water partition coefficient (Wildman–Crippen LogP) is 8.08. The molecule has 4 fully saturated rings. The number of unbranched alkanes of at least 4 members (excludes halogenated alkanes) is 1. The Hall–Kier alpha value is -4.32. The summed E-state index contributed by atoms with van der Waals surface area (Å²) < 4.78 is 11.9. The molecule has 4 amide bonds. The highest BCUT2D eigenvalue weighted by atomic mass is 28.3. The number of alkyl carbamates (subject to hydrolysis) is 1. The molecule has 12 heteroatoms. The Balaban J connectivity index is 1.12. The van der Waals surface area contributed by atoms with Crippen LogP contribution in [0.25, 0.3) is 10.9 Å². The minimum atomic E-state index is -1.42. The van der Waals surface area contributed by atoms with Crippen LogP contribution in [0.2, 0.25) is 25.7 Å². The third-order valence-electron chi connectivity index (χ3n) is 12.0. The highest BCUT2D eigenvalue weighted by molar-refractivity contribution is 6.76. The zero-order chi connectivity index (χ0) is 39.2. The van der Waals surface area contributed by atoms with Gasteiger partial charge in [0, 0.05) is 49.9 Å². The molecule has 7 rings (SSSR count). The number of hydrogen-bond acceptors (Lipinski definition) is 6. The van der Waals surface area contributed by atoms with Crippen molar-refractivity contribution in [3.05, 3.63) is 65.9 Å². The van der Waals surface area contributed by atoms with E-state index < -0.39 is 31.7 Å². The van der Waals surface area contributed by atoms with Crippen molar-refractivity contribution >= 4 is 48.7 Å². The van der Waals surface area contributed by atoms with Crippen molar-refractivity contribution in [2.24, 2.45) is 23.7 Å². The molecule has 4 aliphatic rings. The van der Waals surface area contributed by atoms with Crippen LogP contribution >= 0.6 is 0 Å². The first-order valence-corrected chi connectivity index (χ1v) is 24.1. The number of nitrogens with one attached hydrogen (secondary N) is 5. The van der Waals surface area contributed by atoms with E-state index >= 15 is 0 Å². The summed E-state index contributed by atoms with van der Waals surface area (Å²) in [5.41, 5.74) is 2.17. The van der Waals surface area contributed by atoms with E-state index in [2.05, 4.69) is 45.9 Å². The Labute approximate surface area is 326 Å². The zero-order valence-electron chi connectivity index (χ0n) is 33.3. The molecule has 1 aromatic heterocycles. The second-order valence-corrected chi connectivity index (χ2v) is 23.5. The Morgan fingerprint density at radius 2 is 1.62 bits per heavy atom. The lowest BCUT2D eigenvalue weighted by molar-refractivity contribution is -0.144. The molecular formula is C43H61N5O6Si. The van der Waals surface area contributed by atoms with Gasteiger partial charge in [-0.3, -0.25) is 9.59 Å². The summed E-state index contributed by atoms with van der Waals surface area (Å²) in [4.78, 5) is 57.3. The van der Waals surface area contributed by atoms with Crippen molar-refractivity contribution in [2.75, 3.05) is 18.5 Å². The average Bonchev–Trinajstić information content (AvgIpc) is 3.51. The molecule has 0 spiro atoms. The van der Waals surface area contributed by atoms with Crippen molar-refractivity contribution in [3.63, 3.8) is 0 Å². The Bertz CT molecular complexity index is 1790. The van der Waals surface area contributed by atoms with Gasteiger partial charge >= 0.3 is 18.1 Å². The molecule has 2 atom stereocenters. The topological polar surface area (TPSA) is 151 Å². The maximum absolute atomic E-state index is 14.5. The van der Waals surface area contributed by atoms with Crippen LogP contribution in [0, 0.1) is 30.6 Å². The normalized spacial score (nSPS) is 23.0. The van der Waals surface area contributed by atoms with E-state index in [1.807, 2.05) is 61.7 Å². The number of ether oxygens (including phenoxy) is 2. The average molecular weight is 772 g/mol. The quantitative estimate of drug-likeness (QED) is 0.0532. The van der Waals surface area contributed by atoms with Gasteiger partial charge in [-0.25, -0.2) is 9.59 Å². The van der Waals surface area contributed by atoms with E-state index in [1.54, 1.807) is 6.92 Å². The van der Waals surface area contributed by atoms with E-state index in [4.69, 9.17) is 9.47 Å². The van der Waals surface area contributed by atoms with E-state index in [9.17, 15) is 19.2 Å². The maximum Gasteiger partial charge on any atom is 0.408 e. The van der Waals surface area contributed by atoms with E-state index in [0.29, 0.717) is 44.2 Å². The third kappa shape index (κ3) is 10.9. The van der Waals surface area contributed by atoms with Crippen LogP contribution in [0.1, 0.15) is 75.8 Å². The number of carbonyl (C=O) groups is 4. The lowest BCUT2D eigenvalue weighted by Crippen LogP contribution is -2.61. The number of hydrogen-bond donors (Lipinski definition) is 5. The van der Waals surface area contributed by atoms with Crippen LogP contribution in [-0.4, -0.2) is 67.9 Å². The number of urea groups is 1. The van der Waals surface area contributed by atoms with Crippen molar-refractivity contribution in [2.45, 2.75) is 121 Å². The molecule has 0 aliphatic heterocycles. The molecular weight excluding hydrogens is 711 g/mol. The van der Waals surface area contributed by atoms with Crippen LogP contribution in [0.3, 0.4) is 0 Å². The number of rotatable bonds is 17. The number of aryl methyl sites for hydroxylation is 1. The minimum absolute atomic E-state index is 0.0000162. The van der Waals surface area contributed by atoms with Gasteiger partial charge in [0.15, 0.2) is 0 Å². The van der Waals surface area contributed by atoms with Gasteiger partial charge in [0.1, 0.15) is 11.6 Å². The molecule has 4 saturated carbocycles. The second kappa shape index (κ2) is 17.6. The second-order valence-electron chi connectivity index (χ2n) is 17.9. The van der Waals surface area contributed by atoms with Gasteiger partial charge in [-0.15, -0.1) is 0 Å². The van der Waals surface area contributed by atoms with Gasteiger partial charge < -0.3 is 35.7 Å². The van der Waals surface area contributed by atoms with Crippen LogP contribution < -0.4 is 21.3 Å². The maximum atomic E-state index is 14.5. The smallest absolute Gasteiger partial charge is 0.408 e. The Morgan fingerprint density at radius 3 is 2.33 bits per heavy atom. The summed E-state index contributed by atoms with van der Waals surface area (Å²) in [5.74, 6) is 1.50.